The van der Waals surface area contributed by atoms with Crippen molar-refractivity contribution >= 4 is 12.0 Å². The Bertz CT molecular complexity index is 1180. The molecule has 8 nitrogen and oxygen atoms in total. The topological polar surface area (TPSA) is 85.7 Å². The lowest BCUT2D eigenvalue weighted by atomic mass is 10.0. The summed E-state index contributed by atoms with van der Waals surface area (Å²) in [7, 11) is 1.60. The molecule has 0 unspecified atom stereocenters. The number of nitrogens with zero attached hydrogens (tertiary/aromatic N) is 3. The largest absolute Gasteiger partial charge is 0.496 e. The number of hydrogen-bond acceptors (Lipinski definition) is 5. The highest BCUT2D eigenvalue weighted by atomic mass is 16.6. The van der Waals surface area contributed by atoms with E-state index >= 15 is 0 Å². The van der Waals surface area contributed by atoms with Crippen LogP contribution in [-0.2, 0) is 4.74 Å². The summed E-state index contributed by atoms with van der Waals surface area (Å²) >= 11 is 0. The second-order valence-electron chi connectivity index (χ2n) is 9.59. The maximum Gasteiger partial charge on any atom is 0.410 e. The van der Waals surface area contributed by atoms with E-state index in [2.05, 4.69) is 5.32 Å². The van der Waals surface area contributed by atoms with Crippen molar-refractivity contribution in [1.29, 1.82) is 0 Å². The van der Waals surface area contributed by atoms with Crippen LogP contribution in [0.5, 0.6) is 5.75 Å². The predicted octanol–water partition coefficient (Wildman–Crippen LogP) is 4.68. The Balaban J connectivity index is 1.53. The zero-order valence-corrected chi connectivity index (χ0v) is 20.7. The Morgan fingerprint density at radius 2 is 1.66 bits per heavy atom. The summed E-state index contributed by atoms with van der Waals surface area (Å²) in [5.41, 5.74) is 2.08. The van der Waals surface area contributed by atoms with Gasteiger partial charge in [-0.2, -0.15) is 5.10 Å². The van der Waals surface area contributed by atoms with Crippen LogP contribution >= 0.6 is 0 Å². The summed E-state index contributed by atoms with van der Waals surface area (Å²) in [5.74, 6) is 0.439. The summed E-state index contributed by atoms with van der Waals surface area (Å²) in [6.07, 6.45) is 2.75. The van der Waals surface area contributed by atoms with E-state index in [0.717, 1.165) is 11.3 Å². The van der Waals surface area contributed by atoms with Crippen LogP contribution in [0.25, 0.3) is 16.9 Å². The number of rotatable bonds is 5. The van der Waals surface area contributed by atoms with Gasteiger partial charge in [0.25, 0.3) is 5.91 Å². The third kappa shape index (κ3) is 5.82. The molecule has 0 spiro atoms. The molecule has 0 radical (unpaired) electrons. The maximum absolute atomic E-state index is 13.4. The number of nitrogens with one attached hydrogen (secondary N) is 1. The monoisotopic (exact) mass is 476 g/mol. The van der Waals surface area contributed by atoms with Crippen molar-refractivity contribution in [2.45, 2.75) is 45.3 Å². The van der Waals surface area contributed by atoms with Crippen molar-refractivity contribution in [3.8, 4) is 22.7 Å². The zero-order chi connectivity index (χ0) is 25.0. The number of aromatic nitrogens is 2. The van der Waals surface area contributed by atoms with Crippen LogP contribution < -0.4 is 10.1 Å². The molecule has 0 bridgehead atoms. The first-order valence-corrected chi connectivity index (χ1v) is 11.8. The van der Waals surface area contributed by atoms with Gasteiger partial charge in [-0.3, -0.25) is 4.79 Å². The van der Waals surface area contributed by atoms with Gasteiger partial charge in [0.1, 0.15) is 17.0 Å². The normalized spacial score (nSPS) is 14.5. The van der Waals surface area contributed by atoms with Crippen molar-refractivity contribution in [2.75, 3.05) is 20.2 Å². The molecule has 35 heavy (non-hydrogen) atoms. The van der Waals surface area contributed by atoms with E-state index in [4.69, 9.17) is 14.6 Å². The van der Waals surface area contributed by atoms with Crippen molar-refractivity contribution in [3.63, 3.8) is 0 Å². The van der Waals surface area contributed by atoms with Gasteiger partial charge in [0.15, 0.2) is 0 Å². The number of piperidine rings is 1. The molecule has 4 rings (SSSR count). The molecule has 1 fully saturated rings. The molecule has 1 aromatic heterocycles. The Hall–Kier alpha value is -3.81. The summed E-state index contributed by atoms with van der Waals surface area (Å²) in [4.78, 5) is 27.5. The number of amides is 2. The van der Waals surface area contributed by atoms with Gasteiger partial charge >= 0.3 is 6.09 Å². The highest BCUT2D eigenvalue weighted by Crippen LogP contribution is 2.32. The number of likely N-dealkylation sites (tertiary alicyclic amines) is 1. The molecule has 3 aromatic rings. The van der Waals surface area contributed by atoms with Crippen LogP contribution in [0.15, 0.2) is 60.8 Å². The molecule has 2 heterocycles. The minimum atomic E-state index is -0.532. The second kappa shape index (κ2) is 10.2. The van der Waals surface area contributed by atoms with Crippen molar-refractivity contribution in [2.24, 2.45) is 0 Å². The quantitative estimate of drug-likeness (QED) is 0.578. The Morgan fingerprint density at radius 1 is 1.00 bits per heavy atom. The van der Waals surface area contributed by atoms with Crippen LogP contribution in [0, 0.1) is 0 Å². The molecular formula is C27H32N4O4. The fraction of sp³-hybridized carbons (Fsp3) is 0.370. The van der Waals surface area contributed by atoms with Crippen molar-refractivity contribution in [3.05, 3.63) is 66.4 Å². The minimum absolute atomic E-state index is 0.0493. The zero-order valence-electron chi connectivity index (χ0n) is 20.7. The molecule has 0 aliphatic carbocycles. The van der Waals surface area contributed by atoms with E-state index in [9.17, 15) is 9.59 Å². The third-order valence-electron chi connectivity index (χ3n) is 5.82. The average molecular weight is 477 g/mol. The lowest BCUT2D eigenvalue weighted by Crippen LogP contribution is -2.47. The van der Waals surface area contributed by atoms with Crippen LogP contribution in [0.3, 0.4) is 0 Å². The van der Waals surface area contributed by atoms with Crippen LogP contribution in [0.2, 0.25) is 0 Å². The van der Waals surface area contributed by atoms with Gasteiger partial charge in [-0.05, 0) is 57.9 Å². The van der Waals surface area contributed by atoms with E-state index in [-0.39, 0.29) is 18.0 Å². The first-order valence-electron chi connectivity index (χ1n) is 11.8. The Morgan fingerprint density at radius 3 is 2.31 bits per heavy atom. The molecule has 184 valence electrons. The standard InChI is InChI=1S/C27H32N4O4/c1-27(2,3)35-26(33)30-16-14-19(15-17-30)28-25(32)22-18-31(20-10-6-5-7-11-20)29-24(22)21-12-8-9-13-23(21)34-4/h5-13,18-19H,14-17H2,1-4H3,(H,28,32). The molecule has 1 aliphatic rings. The van der Waals surface area contributed by atoms with Gasteiger partial charge < -0.3 is 19.7 Å². The maximum atomic E-state index is 13.4. The van der Waals surface area contributed by atoms with Gasteiger partial charge in [-0.1, -0.05) is 30.3 Å². The number of benzene rings is 2. The number of carbonyl (C=O) groups excluding carboxylic acids is 2. The van der Waals surface area contributed by atoms with Gasteiger partial charge in [0, 0.05) is 30.9 Å². The van der Waals surface area contributed by atoms with Gasteiger partial charge in [-0.25, -0.2) is 9.48 Å². The number of ether oxygens (including phenoxy) is 2. The lowest BCUT2D eigenvalue weighted by Gasteiger charge is -2.33. The van der Waals surface area contributed by atoms with Gasteiger partial charge in [-0.15, -0.1) is 0 Å². The summed E-state index contributed by atoms with van der Waals surface area (Å²) < 4.78 is 12.7. The highest BCUT2D eigenvalue weighted by molar-refractivity contribution is 6.00. The fourth-order valence-electron chi connectivity index (χ4n) is 4.09. The van der Waals surface area contributed by atoms with Crippen LogP contribution in [-0.4, -0.2) is 58.5 Å². The van der Waals surface area contributed by atoms with Crippen LogP contribution in [0.4, 0.5) is 4.79 Å². The highest BCUT2D eigenvalue weighted by Gasteiger charge is 2.29. The molecule has 2 amide bonds. The van der Waals surface area contributed by atoms with Crippen LogP contribution in [0.1, 0.15) is 44.0 Å². The molecule has 0 atom stereocenters. The molecule has 2 aromatic carbocycles. The summed E-state index contributed by atoms with van der Waals surface area (Å²) in [5, 5.41) is 7.89. The van der Waals surface area contributed by atoms with E-state index in [0.29, 0.717) is 42.9 Å². The van der Waals surface area contributed by atoms with E-state index in [1.165, 1.54) is 0 Å². The average Bonchev–Trinajstić information content (AvgIpc) is 3.29. The van der Waals surface area contributed by atoms with E-state index in [1.54, 1.807) is 22.9 Å². The molecule has 1 N–H and O–H groups in total. The molecule has 8 heteroatoms. The van der Waals surface area contributed by atoms with Gasteiger partial charge in [0.2, 0.25) is 0 Å². The molecule has 0 saturated carbocycles. The van der Waals surface area contributed by atoms with E-state index in [1.807, 2.05) is 75.4 Å². The number of para-hydroxylation sites is 2. The molecular weight excluding hydrogens is 444 g/mol. The molecule has 1 aliphatic heterocycles. The number of methoxy groups -OCH3 is 1. The third-order valence-corrected chi connectivity index (χ3v) is 5.82. The number of hydrogen-bond donors (Lipinski definition) is 1. The second-order valence-corrected chi connectivity index (χ2v) is 9.59. The Kier molecular flexibility index (Phi) is 7.10. The smallest absolute Gasteiger partial charge is 0.410 e. The summed E-state index contributed by atoms with van der Waals surface area (Å²) in [6, 6.07) is 17.1. The minimum Gasteiger partial charge on any atom is -0.496 e. The van der Waals surface area contributed by atoms with Crippen molar-refractivity contribution in [1.82, 2.24) is 20.0 Å². The number of carbonyl (C=O) groups is 2. The van der Waals surface area contributed by atoms with Gasteiger partial charge in [0.05, 0.1) is 18.4 Å². The predicted molar refractivity (Wildman–Crippen MR) is 134 cm³/mol. The first kappa shape index (κ1) is 24.3. The fourth-order valence-corrected chi connectivity index (χ4v) is 4.09. The lowest BCUT2D eigenvalue weighted by molar-refractivity contribution is 0.0199. The van der Waals surface area contributed by atoms with Crippen molar-refractivity contribution < 1.29 is 19.1 Å². The van der Waals surface area contributed by atoms with E-state index < -0.39 is 5.60 Å². The summed E-state index contributed by atoms with van der Waals surface area (Å²) in [6.45, 7) is 6.62. The SMILES string of the molecule is COc1ccccc1-c1nn(-c2ccccc2)cc1C(=O)NC1CCN(C(=O)OC(C)(C)C)CC1. The first-order chi connectivity index (χ1) is 16.7. The molecule has 1 saturated heterocycles. The Labute approximate surface area is 205 Å².